The van der Waals surface area contributed by atoms with Gasteiger partial charge < -0.3 is 29.5 Å². The van der Waals surface area contributed by atoms with E-state index in [1.54, 1.807) is 11.3 Å². The van der Waals surface area contributed by atoms with Crippen LogP contribution in [0.3, 0.4) is 0 Å². The number of likely N-dealkylation sites (tertiary alicyclic amines) is 1. The summed E-state index contributed by atoms with van der Waals surface area (Å²) in [6, 6.07) is 6.46. The van der Waals surface area contributed by atoms with Gasteiger partial charge in [-0.05, 0) is 36.8 Å². The number of ether oxygens (including phenoxy) is 3. The van der Waals surface area contributed by atoms with E-state index in [-0.39, 0.29) is 44.3 Å². The van der Waals surface area contributed by atoms with Gasteiger partial charge in [-0.3, -0.25) is 14.4 Å². The van der Waals surface area contributed by atoms with Gasteiger partial charge in [0.25, 0.3) is 0 Å². The number of rotatable bonds is 16. The molecule has 3 rings (SSSR count). The Morgan fingerprint density at radius 3 is 2.38 bits per heavy atom. The lowest BCUT2D eigenvalue weighted by Crippen LogP contribution is -2.57. The van der Waals surface area contributed by atoms with Gasteiger partial charge in [0.1, 0.15) is 12.6 Å². The number of hydrogen-bond acceptors (Lipinski definition) is 9. The second-order valence-corrected chi connectivity index (χ2v) is 12.4. The van der Waals surface area contributed by atoms with Gasteiger partial charge in [0.15, 0.2) is 5.78 Å². The Bertz CT molecular complexity index is 1160. The van der Waals surface area contributed by atoms with Crippen molar-refractivity contribution in [1.82, 2.24) is 15.2 Å². The highest BCUT2D eigenvalue weighted by molar-refractivity contribution is 7.13. The van der Waals surface area contributed by atoms with Gasteiger partial charge >= 0.3 is 0 Å². The average Bonchev–Trinajstić information content (AvgIpc) is 3.56. The number of nitrogens with one attached hydrogen (secondary N) is 1. The van der Waals surface area contributed by atoms with E-state index in [9.17, 15) is 19.5 Å². The Labute approximate surface area is 252 Å². The number of Topliss-reactive ketones (excluding diaryl/α,β-unsaturated/α-hetero) is 1. The van der Waals surface area contributed by atoms with Crippen molar-refractivity contribution >= 4 is 28.9 Å². The van der Waals surface area contributed by atoms with Crippen molar-refractivity contribution in [2.75, 3.05) is 46.2 Å². The van der Waals surface area contributed by atoms with E-state index >= 15 is 0 Å². The number of nitrogens with zero attached hydrogens (tertiary/aromatic N) is 2. The van der Waals surface area contributed by atoms with Gasteiger partial charge in [0, 0.05) is 26.0 Å². The maximum absolute atomic E-state index is 13.7. The predicted octanol–water partition coefficient (Wildman–Crippen LogP) is 3.18. The lowest BCUT2D eigenvalue weighted by atomic mass is 9.85. The van der Waals surface area contributed by atoms with Gasteiger partial charge in [0.05, 0.1) is 54.7 Å². The zero-order chi connectivity index (χ0) is 30.7. The van der Waals surface area contributed by atoms with E-state index in [0.717, 1.165) is 21.7 Å². The highest BCUT2D eigenvalue weighted by Gasteiger charge is 2.44. The molecular formula is C31H45N3O7S. The number of aliphatic hydroxyl groups excluding tert-OH is 1. The number of β-amino-alcohol motifs (C(OH)–C–C–N with tert-alkyl or cyclic N) is 1. The molecule has 2 aromatic rings. The molecule has 232 valence electrons. The third kappa shape index (κ3) is 9.95. The summed E-state index contributed by atoms with van der Waals surface area (Å²) in [6.45, 7) is 11.4. The minimum Gasteiger partial charge on any atom is -0.391 e. The summed E-state index contributed by atoms with van der Waals surface area (Å²) in [5.74, 6) is -0.916. The van der Waals surface area contributed by atoms with Crippen molar-refractivity contribution in [3.05, 3.63) is 41.0 Å². The molecule has 1 aliphatic heterocycles. The van der Waals surface area contributed by atoms with Gasteiger partial charge in [-0.2, -0.15) is 0 Å². The fourth-order valence-electron chi connectivity index (χ4n) is 4.86. The normalized spacial score (nSPS) is 17.8. The van der Waals surface area contributed by atoms with Gasteiger partial charge in [-0.1, -0.05) is 45.0 Å². The number of aryl methyl sites for hydroxylation is 2. The van der Waals surface area contributed by atoms with Crippen LogP contribution in [0, 0.1) is 12.3 Å². The van der Waals surface area contributed by atoms with Crippen LogP contribution in [-0.2, 0) is 35.0 Å². The van der Waals surface area contributed by atoms with Crippen LogP contribution in [0.2, 0.25) is 0 Å². The number of thiazole rings is 1. The SMILES string of the molecule is CCOCCOCCOCC(=O)N[C@H](C(=O)N1C[C@H](O)C[C@H]1C(=O)CCc1ccc(-c2scnc2C)cc1)C(C)(C)C. The van der Waals surface area contributed by atoms with Crippen molar-refractivity contribution in [1.29, 1.82) is 0 Å². The first-order chi connectivity index (χ1) is 20.0. The molecule has 0 spiro atoms. The summed E-state index contributed by atoms with van der Waals surface area (Å²) in [5, 5.41) is 13.2. The highest BCUT2D eigenvalue weighted by atomic mass is 32.1. The summed E-state index contributed by atoms with van der Waals surface area (Å²) < 4.78 is 16.0. The Kier molecular flexibility index (Phi) is 13.1. The average molecular weight is 604 g/mol. The summed E-state index contributed by atoms with van der Waals surface area (Å²) >= 11 is 1.59. The fraction of sp³-hybridized carbons (Fsp3) is 0.613. The lowest BCUT2D eigenvalue weighted by molar-refractivity contribution is -0.144. The minimum atomic E-state index is -0.889. The maximum atomic E-state index is 13.7. The van der Waals surface area contributed by atoms with Gasteiger partial charge in [-0.15, -0.1) is 11.3 Å². The summed E-state index contributed by atoms with van der Waals surface area (Å²) in [6.07, 6.45) is 0.159. The number of carbonyl (C=O) groups excluding carboxylic acids is 3. The van der Waals surface area contributed by atoms with Crippen molar-refractivity contribution in [2.45, 2.75) is 72.1 Å². The molecule has 0 unspecified atom stereocenters. The first-order valence-corrected chi connectivity index (χ1v) is 15.4. The molecule has 0 aliphatic carbocycles. The van der Waals surface area contributed by atoms with E-state index in [1.165, 1.54) is 4.90 Å². The van der Waals surface area contributed by atoms with Crippen LogP contribution >= 0.6 is 11.3 Å². The smallest absolute Gasteiger partial charge is 0.246 e. The number of aliphatic hydroxyl groups is 1. The topological polar surface area (TPSA) is 127 Å². The lowest BCUT2D eigenvalue weighted by Gasteiger charge is -2.35. The maximum Gasteiger partial charge on any atom is 0.246 e. The first-order valence-electron chi connectivity index (χ1n) is 14.5. The zero-order valence-corrected chi connectivity index (χ0v) is 26.2. The van der Waals surface area contributed by atoms with E-state index in [2.05, 4.69) is 10.3 Å². The van der Waals surface area contributed by atoms with Crippen LogP contribution in [0.4, 0.5) is 0 Å². The number of amides is 2. The van der Waals surface area contributed by atoms with Crippen molar-refractivity contribution in [2.24, 2.45) is 5.41 Å². The molecule has 1 aliphatic rings. The van der Waals surface area contributed by atoms with Crippen molar-refractivity contribution in [3.63, 3.8) is 0 Å². The molecule has 1 aromatic heterocycles. The third-order valence-electron chi connectivity index (χ3n) is 7.16. The van der Waals surface area contributed by atoms with Gasteiger partial charge in [0.2, 0.25) is 11.8 Å². The van der Waals surface area contributed by atoms with E-state index < -0.39 is 29.5 Å². The molecule has 0 radical (unpaired) electrons. The number of carbonyl (C=O) groups is 3. The van der Waals surface area contributed by atoms with Crippen molar-refractivity contribution in [3.8, 4) is 10.4 Å². The van der Waals surface area contributed by atoms with Crippen LogP contribution in [0.1, 0.15) is 51.8 Å². The predicted molar refractivity (Wildman–Crippen MR) is 161 cm³/mol. The monoisotopic (exact) mass is 603 g/mol. The zero-order valence-electron chi connectivity index (χ0n) is 25.4. The van der Waals surface area contributed by atoms with E-state index in [0.29, 0.717) is 32.8 Å². The van der Waals surface area contributed by atoms with Gasteiger partial charge in [-0.25, -0.2) is 4.98 Å². The molecule has 10 nitrogen and oxygen atoms in total. The molecular weight excluding hydrogens is 558 g/mol. The number of aromatic nitrogens is 1. The summed E-state index contributed by atoms with van der Waals surface area (Å²) in [7, 11) is 0. The highest BCUT2D eigenvalue weighted by Crippen LogP contribution is 2.29. The fourth-order valence-corrected chi connectivity index (χ4v) is 5.67. The second kappa shape index (κ2) is 16.2. The molecule has 1 saturated heterocycles. The first kappa shape index (κ1) is 33.8. The molecule has 2 N–H and O–H groups in total. The Hall–Kier alpha value is -2.70. The number of ketones is 1. The molecule has 1 fully saturated rings. The van der Waals surface area contributed by atoms with Crippen LogP contribution in [0.15, 0.2) is 29.8 Å². The van der Waals surface area contributed by atoms with Crippen molar-refractivity contribution < 1.29 is 33.7 Å². The number of hydrogen-bond donors (Lipinski definition) is 2. The van der Waals surface area contributed by atoms with E-state index in [1.807, 2.05) is 64.4 Å². The van der Waals surface area contributed by atoms with Crippen LogP contribution in [0.5, 0.6) is 0 Å². The van der Waals surface area contributed by atoms with Crippen LogP contribution in [-0.4, -0.2) is 97.0 Å². The summed E-state index contributed by atoms with van der Waals surface area (Å²) in [4.78, 5) is 46.6. The number of benzene rings is 1. The second-order valence-electron chi connectivity index (χ2n) is 11.6. The Morgan fingerprint density at radius 1 is 1.10 bits per heavy atom. The van der Waals surface area contributed by atoms with Crippen LogP contribution < -0.4 is 5.32 Å². The molecule has 11 heteroatoms. The molecule has 3 atom stereocenters. The van der Waals surface area contributed by atoms with Crippen LogP contribution in [0.25, 0.3) is 10.4 Å². The third-order valence-corrected chi connectivity index (χ3v) is 8.13. The molecule has 0 saturated carbocycles. The Morgan fingerprint density at radius 2 is 1.76 bits per heavy atom. The molecule has 2 heterocycles. The summed E-state index contributed by atoms with van der Waals surface area (Å²) in [5.41, 5.74) is 4.29. The molecule has 42 heavy (non-hydrogen) atoms. The molecule has 1 aromatic carbocycles. The molecule has 0 bridgehead atoms. The quantitative estimate of drug-likeness (QED) is 0.280. The standard InChI is InChI=1S/C31H45N3O7S/c1-6-39-13-14-40-15-16-41-19-27(37)33-29(31(3,4)5)30(38)34-18-24(35)17-25(34)26(36)12-9-22-7-10-23(11-8-22)28-21(2)32-20-42-28/h7-8,10-11,20,24-25,29,35H,6,9,12-19H2,1-5H3,(H,33,37)/t24-,25+,29-/m1/s1. The Balaban J connectivity index is 1.54. The van der Waals surface area contributed by atoms with E-state index in [4.69, 9.17) is 14.2 Å². The minimum absolute atomic E-state index is 0.0518. The molecule has 2 amide bonds. The largest absolute Gasteiger partial charge is 0.391 e.